The van der Waals surface area contributed by atoms with Crippen LogP contribution in [0.15, 0.2) is 41.3 Å². The number of thiazole rings is 1. The fourth-order valence-electron chi connectivity index (χ4n) is 3.27. The maximum Gasteiger partial charge on any atom is 0.274 e. The van der Waals surface area contributed by atoms with Crippen molar-refractivity contribution in [3.63, 3.8) is 0 Å². The van der Waals surface area contributed by atoms with E-state index in [9.17, 15) is 12.8 Å². The molecule has 0 amide bonds. The highest BCUT2D eigenvalue weighted by atomic mass is 35.5. The zero-order valence-corrected chi connectivity index (χ0v) is 17.5. The lowest BCUT2D eigenvalue weighted by atomic mass is 10.1. The van der Waals surface area contributed by atoms with Gasteiger partial charge < -0.3 is 4.74 Å². The molecule has 0 atom stereocenters. The summed E-state index contributed by atoms with van der Waals surface area (Å²) in [5.74, 6) is -0.374. The predicted molar refractivity (Wildman–Crippen MR) is 108 cm³/mol. The van der Waals surface area contributed by atoms with Crippen molar-refractivity contribution >= 4 is 43.2 Å². The van der Waals surface area contributed by atoms with Gasteiger partial charge in [0.25, 0.3) is 5.19 Å². The van der Waals surface area contributed by atoms with Crippen molar-refractivity contribution in [1.82, 2.24) is 9.29 Å². The first kappa shape index (κ1) is 19.6. The summed E-state index contributed by atoms with van der Waals surface area (Å²) in [5.41, 5.74) is 0.971. The summed E-state index contributed by atoms with van der Waals surface area (Å²) in [5, 5.41) is 0.803. The number of para-hydroxylation sites is 1. The highest BCUT2D eigenvalue weighted by molar-refractivity contribution is 7.89. The monoisotopic (exact) mass is 440 g/mol. The second-order valence-corrected chi connectivity index (χ2v) is 10.0. The Balaban J connectivity index is 1.45. The highest BCUT2D eigenvalue weighted by Gasteiger charge is 2.31. The van der Waals surface area contributed by atoms with Crippen molar-refractivity contribution in [2.45, 2.75) is 30.8 Å². The fourth-order valence-corrected chi connectivity index (χ4v) is 6.12. The van der Waals surface area contributed by atoms with Crippen molar-refractivity contribution in [2.24, 2.45) is 0 Å². The molecule has 0 N–H and O–H groups in total. The van der Waals surface area contributed by atoms with Crippen molar-refractivity contribution in [3.8, 4) is 5.19 Å². The van der Waals surface area contributed by atoms with E-state index in [2.05, 4.69) is 4.98 Å². The minimum atomic E-state index is -3.61. The fraction of sp³-hybridized carbons (Fsp3) is 0.316. The van der Waals surface area contributed by atoms with Crippen LogP contribution in [0.25, 0.3) is 10.2 Å². The molecule has 0 unspecified atom stereocenters. The van der Waals surface area contributed by atoms with Crippen LogP contribution in [0.4, 0.5) is 4.39 Å². The molecule has 148 valence electrons. The Kier molecular flexibility index (Phi) is 5.30. The molecule has 5 nitrogen and oxygen atoms in total. The summed E-state index contributed by atoms with van der Waals surface area (Å²) >= 11 is 7.28. The summed E-state index contributed by atoms with van der Waals surface area (Å²) in [6, 6.07) is 9.68. The van der Waals surface area contributed by atoms with Gasteiger partial charge in [0.1, 0.15) is 17.4 Å². The second kappa shape index (κ2) is 7.59. The van der Waals surface area contributed by atoms with Crippen LogP contribution in [0.5, 0.6) is 5.19 Å². The minimum Gasteiger partial charge on any atom is -0.467 e. The van der Waals surface area contributed by atoms with Crippen LogP contribution < -0.4 is 4.74 Å². The van der Waals surface area contributed by atoms with Crippen molar-refractivity contribution < 1.29 is 17.5 Å². The maximum atomic E-state index is 13.8. The topological polar surface area (TPSA) is 59.5 Å². The van der Waals surface area contributed by atoms with Gasteiger partial charge in [0, 0.05) is 18.1 Å². The lowest BCUT2D eigenvalue weighted by molar-refractivity contribution is 0.135. The first-order chi connectivity index (χ1) is 13.3. The number of benzene rings is 2. The molecule has 1 aliphatic heterocycles. The summed E-state index contributed by atoms with van der Waals surface area (Å²) < 4.78 is 47.8. The van der Waals surface area contributed by atoms with Crippen LogP contribution in [0, 0.1) is 12.7 Å². The first-order valence-electron chi connectivity index (χ1n) is 8.82. The van der Waals surface area contributed by atoms with E-state index in [0.717, 1.165) is 4.70 Å². The average molecular weight is 441 g/mol. The van der Waals surface area contributed by atoms with Gasteiger partial charge in [-0.2, -0.15) is 9.29 Å². The molecular weight excluding hydrogens is 423 g/mol. The molecule has 0 spiro atoms. The molecule has 0 aliphatic carbocycles. The normalized spacial score (nSPS) is 16.5. The SMILES string of the molecule is Cc1ccc(Cl)cc1S(=O)(=O)N1CCC(Oc2nc3c(F)cccc3s2)CC1. The van der Waals surface area contributed by atoms with Crippen molar-refractivity contribution in [1.29, 1.82) is 0 Å². The Morgan fingerprint density at radius 2 is 2.00 bits per heavy atom. The maximum absolute atomic E-state index is 13.8. The smallest absolute Gasteiger partial charge is 0.274 e. The van der Waals surface area contributed by atoms with Gasteiger partial charge in [-0.25, -0.2) is 12.8 Å². The Morgan fingerprint density at radius 1 is 1.25 bits per heavy atom. The Morgan fingerprint density at radius 3 is 2.71 bits per heavy atom. The molecule has 1 aromatic heterocycles. The van der Waals surface area contributed by atoms with Gasteiger partial charge in [0.2, 0.25) is 10.0 Å². The Labute approximate surface area is 171 Å². The predicted octanol–water partition coefficient (Wildman–Crippen LogP) is 4.63. The standard InChI is InChI=1S/C19H18ClFN2O3S2/c1-12-5-6-13(20)11-17(12)28(24,25)23-9-7-14(8-10-23)26-19-22-18-15(21)3-2-4-16(18)27-19/h2-6,11,14H,7-10H2,1H3. The van der Waals surface area contributed by atoms with E-state index < -0.39 is 10.0 Å². The number of sulfonamides is 1. The van der Waals surface area contributed by atoms with E-state index in [-0.39, 0.29) is 16.8 Å². The van der Waals surface area contributed by atoms with Crippen molar-refractivity contribution in [2.75, 3.05) is 13.1 Å². The second-order valence-electron chi connectivity index (χ2n) is 6.70. The third-order valence-corrected chi connectivity index (χ3v) is 7.97. The Hall–Kier alpha value is -1.74. The molecule has 0 saturated carbocycles. The van der Waals surface area contributed by atoms with Crippen LogP contribution in [-0.2, 0) is 10.0 Å². The van der Waals surface area contributed by atoms with Crippen LogP contribution in [0.3, 0.4) is 0 Å². The van der Waals surface area contributed by atoms with E-state index >= 15 is 0 Å². The van der Waals surface area contributed by atoms with Crippen LogP contribution in [0.2, 0.25) is 5.02 Å². The highest BCUT2D eigenvalue weighted by Crippen LogP contribution is 2.32. The van der Waals surface area contributed by atoms with Gasteiger partial charge in [-0.3, -0.25) is 0 Å². The van der Waals surface area contributed by atoms with Gasteiger partial charge in [-0.05, 0) is 49.6 Å². The number of piperidine rings is 1. The number of hydrogen-bond acceptors (Lipinski definition) is 5. The molecular formula is C19H18ClFN2O3S2. The third-order valence-electron chi connectivity index (χ3n) is 4.79. The summed E-state index contributed by atoms with van der Waals surface area (Å²) in [7, 11) is -3.61. The van der Waals surface area contributed by atoms with Gasteiger partial charge in [-0.1, -0.05) is 35.1 Å². The summed E-state index contributed by atoms with van der Waals surface area (Å²) in [6.45, 7) is 2.45. The molecule has 2 aromatic carbocycles. The Bertz CT molecular complexity index is 1130. The van der Waals surface area contributed by atoms with E-state index in [0.29, 0.717) is 47.2 Å². The summed E-state index contributed by atoms with van der Waals surface area (Å²) in [6.07, 6.45) is 0.921. The number of aryl methyl sites for hydroxylation is 1. The van der Waals surface area contributed by atoms with Gasteiger partial charge in [0.05, 0.1) is 9.60 Å². The quantitative estimate of drug-likeness (QED) is 0.593. The molecule has 1 aliphatic rings. The van der Waals surface area contributed by atoms with E-state index in [1.165, 1.54) is 27.8 Å². The molecule has 1 saturated heterocycles. The van der Waals surface area contributed by atoms with Crippen LogP contribution in [-0.4, -0.2) is 36.9 Å². The first-order valence-corrected chi connectivity index (χ1v) is 11.5. The lowest BCUT2D eigenvalue weighted by Crippen LogP contribution is -2.41. The zero-order chi connectivity index (χ0) is 19.9. The number of fused-ring (bicyclic) bond motifs is 1. The number of aromatic nitrogens is 1. The molecule has 2 heterocycles. The van der Waals surface area contributed by atoms with Crippen LogP contribution >= 0.6 is 22.9 Å². The van der Waals surface area contributed by atoms with E-state index in [4.69, 9.17) is 16.3 Å². The lowest BCUT2D eigenvalue weighted by Gasteiger charge is -2.31. The van der Waals surface area contributed by atoms with E-state index in [1.807, 2.05) is 0 Å². The molecule has 28 heavy (non-hydrogen) atoms. The van der Waals surface area contributed by atoms with Gasteiger partial charge in [0.15, 0.2) is 0 Å². The van der Waals surface area contributed by atoms with Crippen molar-refractivity contribution in [3.05, 3.63) is 52.8 Å². The molecule has 3 aromatic rings. The summed E-state index contributed by atoms with van der Waals surface area (Å²) in [4.78, 5) is 4.45. The average Bonchev–Trinajstić information content (AvgIpc) is 3.08. The number of hydrogen-bond donors (Lipinski definition) is 0. The number of ether oxygens (including phenoxy) is 1. The third kappa shape index (κ3) is 3.74. The van der Waals surface area contributed by atoms with E-state index in [1.54, 1.807) is 31.2 Å². The molecule has 0 bridgehead atoms. The zero-order valence-electron chi connectivity index (χ0n) is 15.1. The van der Waals surface area contributed by atoms with Gasteiger partial charge >= 0.3 is 0 Å². The number of rotatable bonds is 4. The molecule has 1 fully saturated rings. The molecule has 4 rings (SSSR count). The van der Waals surface area contributed by atoms with Gasteiger partial charge in [-0.15, -0.1) is 0 Å². The van der Waals surface area contributed by atoms with Crippen LogP contribution in [0.1, 0.15) is 18.4 Å². The largest absolute Gasteiger partial charge is 0.467 e. The molecule has 9 heteroatoms. The minimum absolute atomic E-state index is 0.157. The number of halogens is 2. The molecule has 0 radical (unpaired) electrons. The number of nitrogens with zero attached hydrogens (tertiary/aromatic N) is 2.